The van der Waals surface area contributed by atoms with Crippen LogP contribution in [0.3, 0.4) is 0 Å². The molecule has 0 atom stereocenters. The highest BCUT2D eigenvalue weighted by Gasteiger charge is 2.24. The summed E-state index contributed by atoms with van der Waals surface area (Å²) in [7, 11) is -7.98. The highest BCUT2D eigenvalue weighted by atomic mass is 32.2. The van der Waals surface area contributed by atoms with Gasteiger partial charge in [-0.1, -0.05) is 18.2 Å². The molecule has 0 unspecified atom stereocenters. The van der Waals surface area contributed by atoms with Crippen molar-refractivity contribution in [2.75, 3.05) is 11.5 Å². The highest BCUT2D eigenvalue weighted by Crippen LogP contribution is 2.33. The van der Waals surface area contributed by atoms with E-state index in [0.717, 1.165) is 12.1 Å². The van der Waals surface area contributed by atoms with Crippen molar-refractivity contribution < 1.29 is 16.8 Å². The molecule has 2 aromatic carbocycles. The van der Waals surface area contributed by atoms with Gasteiger partial charge in [0.25, 0.3) is 0 Å². The standard InChI is InChI=1S/C12H13N3O4S2/c13-11-9(6-7-10(12(11)14)21(15,18)19)20(16,17)8-4-2-1-3-5-8/h1-7H,13-14H2,(H2,15,18,19). The summed E-state index contributed by atoms with van der Waals surface area (Å²) in [5.74, 6) is 0. The molecule has 0 saturated carbocycles. The number of sulfonamides is 1. The minimum Gasteiger partial charge on any atom is -0.396 e. The molecule has 112 valence electrons. The molecule has 21 heavy (non-hydrogen) atoms. The van der Waals surface area contributed by atoms with Crippen LogP contribution < -0.4 is 16.6 Å². The number of sulfone groups is 1. The number of hydrogen-bond donors (Lipinski definition) is 3. The van der Waals surface area contributed by atoms with Gasteiger partial charge in [0, 0.05) is 0 Å². The lowest BCUT2D eigenvalue weighted by molar-refractivity contribution is 0.593. The summed E-state index contributed by atoms with van der Waals surface area (Å²) in [6.45, 7) is 0. The van der Waals surface area contributed by atoms with Crippen molar-refractivity contribution >= 4 is 31.2 Å². The molecule has 0 aliphatic carbocycles. The maximum Gasteiger partial charge on any atom is 0.240 e. The Morgan fingerprint density at radius 3 is 1.71 bits per heavy atom. The summed E-state index contributed by atoms with van der Waals surface area (Å²) >= 11 is 0. The molecule has 0 aliphatic rings. The minimum absolute atomic E-state index is 0.0273. The molecule has 0 aliphatic heterocycles. The third-order valence-electron chi connectivity index (χ3n) is 2.86. The van der Waals surface area contributed by atoms with Gasteiger partial charge in [0.2, 0.25) is 19.9 Å². The number of nitrogen functional groups attached to an aromatic ring is 2. The Labute approximate surface area is 122 Å². The van der Waals surface area contributed by atoms with Gasteiger partial charge in [0.15, 0.2) is 0 Å². The van der Waals surface area contributed by atoms with E-state index >= 15 is 0 Å². The van der Waals surface area contributed by atoms with Crippen LogP contribution in [-0.4, -0.2) is 16.8 Å². The van der Waals surface area contributed by atoms with Crippen LogP contribution in [0.25, 0.3) is 0 Å². The van der Waals surface area contributed by atoms with Gasteiger partial charge in [-0.3, -0.25) is 0 Å². The van der Waals surface area contributed by atoms with Crippen LogP contribution in [0.2, 0.25) is 0 Å². The average Bonchev–Trinajstić information content (AvgIpc) is 2.41. The van der Waals surface area contributed by atoms with Crippen molar-refractivity contribution in [2.24, 2.45) is 5.14 Å². The van der Waals surface area contributed by atoms with E-state index in [0.29, 0.717) is 0 Å². The Bertz CT molecular complexity index is 892. The molecule has 0 aromatic heterocycles. The molecule has 7 nitrogen and oxygen atoms in total. The third kappa shape index (κ3) is 2.71. The minimum atomic E-state index is -4.08. The second kappa shape index (κ2) is 5.02. The molecule has 6 N–H and O–H groups in total. The van der Waals surface area contributed by atoms with Crippen molar-refractivity contribution in [3.05, 3.63) is 42.5 Å². The van der Waals surface area contributed by atoms with Crippen molar-refractivity contribution in [3.63, 3.8) is 0 Å². The largest absolute Gasteiger partial charge is 0.396 e. The maximum absolute atomic E-state index is 12.5. The molecular formula is C12H13N3O4S2. The fourth-order valence-corrected chi connectivity index (χ4v) is 3.90. The van der Waals surface area contributed by atoms with Crippen LogP contribution >= 0.6 is 0 Å². The van der Waals surface area contributed by atoms with Gasteiger partial charge in [0.1, 0.15) is 4.90 Å². The van der Waals surface area contributed by atoms with Crippen LogP contribution in [0, 0.1) is 0 Å². The summed E-state index contributed by atoms with van der Waals surface area (Å²) < 4.78 is 47.6. The smallest absolute Gasteiger partial charge is 0.240 e. The zero-order valence-electron chi connectivity index (χ0n) is 10.7. The van der Waals surface area contributed by atoms with E-state index in [1.54, 1.807) is 18.2 Å². The first-order valence-corrected chi connectivity index (χ1v) is 8.69. The van der Waals surface area contributed by atoms with Crippen molar-refractivity contribution in [1.82, 2.24) is 0 Å². The molecule has 0 heterocycles. The monoisotopic (exact) mass is 327 g/mol. The Morgan fingerprint density at radius 1 is 0.714 bits per heavy atom. The van der Waals surface area contributed by atoms with E-state index in [2.05, 4.69) is 0 Å². The quantitative estimate of drug-likeness (QED) is 0.692. The lowest BCUT2D eigenvalue weighted by Gasteiger charge is -2.12. The van der Waals surface area contributed by atoms with E-state index in [1.807, 2.05) is 0 Å². The number of benzene rings is 2. The fraction of sp³-hybridized carbons (Fsp3) is 0. The topological polar surface area (TPSA) is 146 Å². The van der Waals surface area contributed by atoms with Gasteiger partial charge in [-0.2, -0.15) is 0 Å². The average molecular weight is 327 g/mol. The third-order valence-corrected chi connectivity index (χ3v) is 5.65. The first-order chi connectivity index (χ1) is 9.65. The predicted octanol–water partition coefficient (Wildman–Crippen LogP) is 0.331. The molecule has 2 rings (SSSR count). The van der Waals surface area contributed by atoms with Gasteiger partial charge >= 0.3 is 0 Å². The Morgan fingerprint density at radius 2 is 1.19 bits per heavy atom. The first kappa shape index (κ1) is 15.3. The molecule has 0 amide bonds. The zero-order valence-corrected chi connectivity index (χ0v) is 12.4. The molecule has 0 saturated heterocycles. The molecule has 0 spiro atoms. The second-order valence-corrected chi connectivity index (χ2v) is 7.70. The van der Waals surface area contributed by atoms with Gasteiger partial charge in [0.05, 0.1) is 21.2 Å². The predicted molar refractivity (Wildman–Crippen MR) is 78.5 cm³/mol. The number of rotatable bonds is 3. The fourth-order valence-electron chi connectivity index (χ4n) is 1.81. The van der Waals surface area contributed by atoms with Gasteiger partial charge in [-0.15, -0.1) is 0 Å². The zero-order chi connectivity index (χ0) is 15.8. The second-order valence-electron chi connectivity index (χ2n) is 4.25. The van der Waals surface area contributed by atoms with Gasteiger partial charge < -0.3 is 11.5 Å². The molecule has 0 bridgehead atoms. The number of primary sulfonamides is 1. The first-order valence-electron chi connectivity index (χ1n) is 5.66. The Kier molecular flexibility index (Phi) is 3.66. The normalized spacial score (nSPS) is 12.2. The summed E-state index contributed by atoms with van der Waals surface area (Å²) in [6.07, 6.45) is 0. The molecular weight excluding hydrogens is 314 g/mol. The molecule has 0 radical (unpaired) electrons. The van der Waals surface area contributed by atoms with E-state index in [9.17, 15) is 16.8 Å². The van der Waals surface area contributed by atoms with Crippen LogP contribution in [0.1, 0.15) is 0 Å². The summed E-state index contributed by atoms with van der Waals surface area (Å²) in [5.41, 5.74) is 10.6. The lowest BCUT2D eigenvalue weighted by Crippen LogP contribution is -2.17. The molecule has 0 fully saturated rings. The van der Waals surface area contributed by atoms with Crippen LogP contribution in [-0.2, 0) is 19.9 Å². The van der Waals surface area contributed by atoms with Crippen LogP contribution in [0.15, 0.2) is 57.2 Å². The SMILES string of the molecule is Nc1c(S(N)(=O)=O)ccc(S(=O)(=O)c2ccccc2)c1N. The Hall–Kier alpha value is -2.10. The lowest BCUT2D eigenvalue weighted by atomic mass is 10.3. The number of nitrogens with two attached hydrogens (primary N) is 3. The Balaban J connectivity index is 2.71. The van der Waals surface area contributed by atoms with E-state index in [4.69, 9.17) is 16.6 Å². The number of anilines is 2. The van der Waals surface area contributed by atoms with Crippen LogP contribution in [0.4, 0.5) is 11.4 Å². The summed E-state index contributed by atoms with van der Waals surface area (Å²) in [6, 6.07) is 9.69. The van der Waals surface area contributed by atoms with Crippen LogP contribution in [0.5, 0.6) is 0 Å². The molecule has 9 heteroatoms. The van der Waals surface area contributed by atoms with Crippen molar-refractivity contribution in [3.8, 4) is 0 Å². The van der Waals surface area contributed by atoms with Crippen molar-refractivity contribution in [1.29, 1.82) is 0 Å². The highest BCUT2D eigenvalue weighted by molar-refractivity contribution is 7.91. The van der Waals surface area contributed by atoms with E-state index in [-0.39, 0.29) is 21.2 Å². The van der Waals surface area contributed by atoms with E-state index < -0.39 is 24.8 Å². The van der Waals surface area contributed by atoms with Crippen molar-refractivity contribution in [2.45, 2.75) is 14.7 Å². The molecule has 2 aromatic rings. The van der Waals surface area contributed by atoms with Gasteiger partial charge in [-0.05, 0) is 24.3 Å². The van der Waals surface area contributed by atoms with E-state index in [1.165, 1.54) is 12.1 Å². The summed E-state index contributed by atoms with van der Waals surface area (Å²) in [5, 5.41) is 4.98. The maximum atomic E-state index is 12.5. The van der Waals surface area contributed by atoms with Gasteiger partial charge in [-0.25, -0.2) is 22.0 Å². The number of hydrogen-bond acceptors (Lipinski definition) is 6. The summed E-state index contributed by atoms with van der Waals surface area (Å²) in [4.78, 5) is -0.648.